The van der Waals surface area contributed by atoms with E-state index in [2.05, 4.69) is 10.3 Å². The van der Waals surface area contributed by atoms with Gasteiger partial charge in [-0.25, -0.2) is 4.98 Å². The quantitative estimate of drug-likeness (QED) is 0.306. The summed E-state index contributed by atoms with van der Waals surface area (Å²) in [6.45, 7) is 1.88. The molecule has 4 rings (SSSR count). The van der Waals surface area contributed by atoms with Crippen molar-refractivity contribution < 1.29 is 18.0 Å². The highest BCUT2D eigenvalue weighted by Gasteiger charge is 2.30. The molecule has 0 aliphatic heterocycles. The number of hydrogen-bond acceptors (Lipinski definition) is 5. The van der Waals surface area contributed by atoms with E-state index in [0.717, 1.165) is 29.5 Å². The van der Waals surface area contributed by atoms with Crippen molar-refractivity contribution in [2.24, 2.45) is 0 Å². The van der Waals surface area contributed by atoms with Crippen LogP contribution in [0.25, 0.3) is 15.9 Å². The predicted octanol–water partition coefficient (Wildman–Crippen LogP) is 5.51. The normalized spacial score (nSPS) is 11.6. The molecule has 5 nitrogen and oxygen atoms in total. The molecule has 4 aromatic rings. The lowest BCUT2D eigenvalue weighted by molar-refractivity contribution is -0.137. The molecule has 164 valence electrons. The van der Waals surface area contributed by atoms with E-state index in [1.54, 1.807) is 11.4 Å². The number of aromatic nitrogens is 2. The fraction of sp³-hybridized carbons (Fsp3) is 0.136. The molecule has 0 fully saturated rings. The average molecular weight is 476 g/mol. The number of para-hydroxylation sites is 1. The van der Waals surface area contributed by atoms with E-state index in [1.165, 1.54) is 28.0 Å². The van der Waals surface area contributed by atoms with E-state index >= 15 is 0 Å². The van der Waals surface area contributed by atoms with E-state index in [-0.39, 0.29) is 17.0 Å². The average Bonchev–Trinajstić information content (AvgIpc) is 3.22. The summed E-state index contributed by atoms with van der Waals surface area (Å²) >= 11 is 2.38. The van der Waals surface area contributed by atoms with E-state index in [9.17, 15) is 22.8 Å². The van der Waals surface area contributed by atoms with E-state index in [1.807, 2.05) is 31.2 Å². The Morgan fingerprint density at radius 1 is 1.12 bits per heavy atom. The lowest BCUT2D eigenvalue weighted by atomic mass is 10.2. The van der Waals surface area contributed by atoms with Crippen LogP contribution in [0, 0.1) is 6.92 Å². The smallest absolute Gasteiger partial charge is 0.325 e. The molecular formula is C22H16F3N3O2S2. The third-order valence-electron chi connectivity index (χ3n) is 4.63. The van der Waals surface area contributed by atoms with Gasteiger partial charge in [0.1, 0.15) is 4.70 Å². The van der Waals surface area contributed by atoms with Crippen molar-refractivity contribution in [1.29, 1.82) is 0 Å². The minimum atomic E-state index is -4.44. The standard InChI is InChI=1S/C22H16F3N3O2S2/c1-13-4-2-3-5-17(13)28-20(30)19-16(10-11-31-19)27-21(28)32-12-18(29)26-15-8-6-14(7-9-15)22(23,24)25/h2-11H,12H2,1H3,(H,26,29). The number of thiophene rings is 1. The van der Waals surface area contributed by atoms with Crippen LogP contribution in [0.5, 0.6) is 0 Å². The fourth-order valence-electron chi connectivity index (χ4n) is 3.09. The van der Waals surface area contributed by atoms with Gasteiger partial charge in [0.2, 0.25) is 5.91 Å². The summed E-state index contributed by atoms with van der Waals surface area (Å²) in [6, 6.07) is 13.3. The largest absolute Gasteiger partial charge is 0.416 e. The van der Waals surface area contributed by atoms with Gasteiger partial charge < -0.3 is 5.32 Å². The van der Waals surface area contributed by atoms with Gasteiger partial charge in [0.15, 0.2) is 5.16 Å². The van der Waals surface area contributed by atoms with Gasteiger partial charge in [-0.2, -0.15) is 13.2 Å². The number of rotatable bonds is 5. The summed E-state index contributed by atoms with van der Waals surface area (Å²) in [5, 5.41) is 4.71. The van der Waals surface area contributed by atoms with Gasteiger partial charge in [-0.15, -0.1) is 11.3 Å². The maximum absolute atomic E-state index is 13.1. The molecule has 2 aromatic heterocycles. The molecule has 0 radical (unpaired) electrons. The molecule has 32 heavy (non-hydrogen) atoms. The second kappa shape index (κ2) is 8.79. The van der Waals surface area contributed by atoms with Crippen LogP contribution in [0.2, 0.25) is 0 Å². The molecule has 10 heteroatoms. The highest BCUT2D eigenvalue weighted by Crippen LogP contribution is 2.30. The molecule has 0 aliphatic carbocycles. The monoisotopic (exact) mass is 475 g/mol. The number of benzene rings is 2. The highest BCUT2D eigenvalue weighted by molar-refractivity contribution is 7.99. The van der Waals surface area contributed by atoms with Gasteiger partial charge in [-0.05, 0) is 54.3 Å². The Labute approximate surface area is 188 Å². The van der Waals surface area contributed by atoms with Crippen LogP contribution < -0.4 is 10.9 Å². The maximum Gasteiger partial charge on any atom is 0.416 e. The Balaban J connectivity index is 1.58. The number of anilines is 1. The van der Waals surface area contributed by atoms with Crippen molar-refractivity contribution in [3.63, 3.8) is 0 Å². The second-order valence-corrected chi connectivity index (χ2v) is 8.73. The summed E-state index contributed by atoms with van der Waals surface area (Å²) in [4.78, 5) is 30.1. The summed E-state index contributed by atoms with van der Waals surface area (Å²) in [6.07, 6.45) is -4.44. The number of nitrogens with one attached hydrogen (secondary N) is 1. The van der Waals surface area contributed by atoms with Gasteiger partial charge in [-0.1, -0.05) is 30.0 Å². The number of nitrogens with zero attached hydrogens (tertiary/aromatic N) is 2. The number of hydrogen-bond donors (Lipinski definition) is 1. The number of thioether (sulfide) groups is 1. The van der Waals surface area contributed by atoms with Crippen molar-refractivity contribution in [2.75, 3.05) is 11.1 Å². The van der Waals surface area contributed by atoms with Crippen molar-refractivity contribution in [3.05, 3.63) is 81.5 Å². The maximum atomic E-state index is 13.1. The molecule has 0 spiro atoms. The van der Waals surface area contributed by atoms with Crippen LogP contribution in [-0.2, 0) is 11.0 Å². The Hall–Kier alpha value is -3.11. The summed E-state index contributed by atoms with van der Waals surface area (Å²) in [7, 11) is 0. The number of carbonyl (C=O) groups excluding carboxylic acids is 1. The van der Waals surface area contributed by atoms with Crippen LogP contribution in [0.3, 0.4) is 0 Å². The first-order chi connectivity index (χ1) is 15.2. The molecule has 2 aromatic carbocycles. The minimum Gasteiger partial charge on any atom is -0.325 e. The first kappa shape index (κ1) is 22.1. The van der Waals surface area contributed by atoms with Crippen molar-refractivity contribution >= 4 is 44.9 Å². The zero-order chi connectivity index (χ0) is 22.9. The zero-order valence-electron chi connectivity index (χ0n) is 16.6. The van der Waals surface area contributed by atoms with Crippen LogP contribution in [0.4, 0.5) is 18.9 Å². The van der Waals surface area contributed by atoms with Gasteiger partial charge in [0.05, 0.1) is 22.5 Å². The summed E-state index contributed by atoms with van der Waals surface area (Å²) in [5.74, 6) is -0.500. The third-order valence-corrected chi connectivity index (χ3v) is 6.46. The molecule has 1 amide bonds. The van der Waals surface area contributed by atoms with Crippen LogP contribution in [-0.4, -0.2) is 21.2 Å². The number of amides is 1. The highest BCUT2D eigenvalue weighted by atomic mass is 32.2. The molecular weight excluding hydrogens is 459 g/mol. The number of alkyl halides is 3. The Morgan fingerprint density at radius 2 is 1.84 bits per heavy atom. The van der Waals surface area contributed by atoms with Crippen molar-refractivity contribution in [3.8, 4) is 5.69 Å². The fourth-order valence-corrected chi connectivity index (χ4v) is 4.65. The lowest BCUT2D eigenvalue weighted by Gasteiger charge is -2.14. The number of carbonyl (C=O) groups is 1. The molecule has 0 bridgehead atoms. The first-order valence-electron chi connectivity index (χ1n) is 9.40. The molecule has 0 saturated carbocycles. The van der Waals surface area contributed by atoms with Gasteiger partial charge in [-0.3, -0.25) is 14.2 Å². The Morgan fingerprint density at radius 3 is 2.53 bits per heavy atom. The molecule has 0 saturated heterocycles. The molecule has 2 heterocycles. The third kappa shape index (κ3) is 4.56. The van der Waals surface area contributed by atoms with Gasteiger partial charge >= 0.3 is 6.18 Å². The van der Waals surface area contributed by atoms with Gasteiger partial charge in [0, 0.05) is 5.69 Å². The molecule has 0 aliphatic rings. The van der Waals surface area contributed by atoms with Crippen molar-refractivity contribution in [2.45, 2.75) is 18.3 Å². The Bertz CT molecular complexity index is 1350. The van der Waals surface area contributed by atoms with E-state index in [4.69, 9.17) is 0 Å². The predicted molar refractivity (Wildman–Crippen MR) is 121 cm³/mol. The Kier molecular flexibility index (Phi) is 6.07. The molecule has 0 unspecified atom stereocenters. The summed E-state index contributed by atoms with van der Waals surface area (Å²) in [5.41, 5.74) is 1.34. The topological polar surface area (TPSA) is 64.0 Å². The van der Waals surface area contributed by atoms with E-state index < -0.39 is 17.6 Å². The second-order valence-electron chi connectivity index (χ2n) is 6.87. The molecule has 0 atom stereocenters. The van der Waals surface area contributed by atoms with Crippen molar-refractivity contribution in [1.82, 2.24) is 9.55 Å². The first-order valence-corrected chi connectivity index (χ1v) is 11.3. The number of aryl methyl sites for hydroxylation is 1. The van der Waals surface area contributed by atoms with E-state index in [0.29, 0.717) is 21.1 Å². The minimum absolute atomic E-state index is 0.0744. The summed E-state index contributed by atoms with van der Waals surface area (Å²) < 4.78 is 40.1. The van der Waals surface area contributed by atoms with Crippen LogP contribution in [0.1, 0.15) is 11.1 Å². The van der Waals surface area contributed by atoms with Gasteiger partial charge in [0.25, 0.3) is 5.56 Å². The SMILES string of the molecule is Cc1ccccc1-n1c(SCC(=O)Nc2ccc(C(F)(F)F)cc2)nc2ccsc2c1=O. The number of halogens is 3. The molecule has 1 N–H and O–H groups in total. The lowest BCUT2D eigenvalue weighted by Crippen LogP contribution is -2.22. The number of fused-ring (bicyclic) bond motifs is 1. The van der Waals surface area contributed by atoms with Crippen LogP contribution in [0.15, 0.2) is 69.9 Å². The van der Waals surface area contributed by atoms with Crippen LogP contribution >= 0.6 is 23.1 Å². The zero-order valence-corrected chi connectivity index (χ0v) is 18.3.